The number of amides is 3. The van der Waals surface area contributed by atoms with Crippen molar-refractivity contribution in [2.75, 3.05) is 7.11 Å². The lowest BCUT2D eigenvalue weighted by Crippen LogP contribution is -2.32. The van der Waals surface area contributed by atoms with Gasteiger partial charge in [-0.3, -0.25) is 14.5 Å². The molecule has 0 radical (unpaired) electrons. The zero-order chi connectivity index (χ0) is 14.7. The highest BCUT2D eigenvalue weighted by molar-refractivity contribution is 6.05. The van der Waals surface area contributed by atoms with Crippen LogP contribution in [-0.2, 0) is 16.1 Å². The number of nitrogens with one attached hydrogen (secondary N) is 1. The normalized spacial score (nSPS) is 18.1. The van der Waals surface area contributed by atoms with Crippen molar-refractivity contribution in [3.8, 4) is 5.75 Å². The molecular formula is C13H14N2O5. The minimum Gasteiger partial charge on any atom is -0.497 e. The molecule has 0 bridgehead atoms. The number of carbonyl (C=O) groups excluding carboxylic acids is 2. The average molecular weight is 278 g/mol. The third kappa shape index (κ3) is 2.87. The molecule has 1 aliphatic rings. The lowest BCUT2D eigenvalue weighted by Gasteiger charge is -2.13. The summed E-state index contributed by atoms with van der Waals surface area (Å²) >= 11 is 0. The molecular weight excluding hydrogens is 264 g/mol. The molecule has 0 saturated carbocycles. The second kappa shape index (κ2) is 5.60. The quantitative estimate of drug-likeness (QED) is 0.768. The van der Waals surface area contributed by atoms with E-state index in [1.54, 1.807) is 31.4 Å². The SMILES string of the molecule is COc1ccc(CN2C(=O)N[C@@H](CC(=O)O)C2=O)cc1. The van der Waals surface area contributed by atoms with E-state index in [1.165, 1.54) is 0 Å². The average Bonchev–Trinajstić information content (AvgIpc) is 2.66. The Morgan fingerprint density at radius 2 is 2.00 bits per heavy atom. The molecule has 106 valence electrons. The number of hydrogen-bond donors (Lipinski definition) is 2. The highest BCUT2D eigenvalue weighted by atomic mass is 16.5. The Bertz CT molecular complexity index is 540. The van der Waals surface area contributed by atoms with Gasteiger partial charge in [0.1, 0.15) is 11.8 Å². The first-order chi connectivity index (χ1) is 9.51. The van der Waals surface area contributed by atoms with Gasteiger partial charge in [-0.25, -0.2) is 4.79 Å². The van der Waals surface area contributed by atoms with Crippen molar-refractivity contribution in [2.24, 2.45) is 0 Å². The second-order valence-electron chi connectivity index (χ2n) is 4.37. The highest BCUT2D eigenvalue weighted by Crippen LogP contribution is 2.16. The van der Waals surface area contributed by atoms with Crippen LogP contribution in [0.1, 0.15) is 12.0 Å². The Hall–Kier alpha value is -2.57. The van der Waals surface area contributed by atoms with Gasteiger partial charge in [0.15, 0.2) is 0 Å². The van der Waals surface area contributed by atoms with Crippen LogP contribution in [0.2, 0.25) is 0 Å². The van der Waals surface area contributed by atoms with Crippen molar-refractivity contribution in [1.82, 2.24) is 10.2 Å². The molecule has 2 rings (SSSR count). The van der Waals surface area contributed by atoms with Crippen LogP contribution in [0.25, 0.3) is 0 Å². The van der Waals surface area contributed by atoms with Crippen molar-refractivity contribution in [2.45, 2.75) is 19.0 Å². The maximum atomic E-state index is 11.9. The number of imide groups is 1. The summed E-state index contributed by atoms with van der Waals surface area (Å²) in [5, 5.41) is 11.0. The minimum atomic E-state index is -1.13. The fourth-order valence-corrected chi connectivity index (χ4v) is 1.95. The number of carboxylic acids is 1. The predicted octanol–water partition coefficient (Wildman–Crippen LogP) is 0.590. The Kier molecular flexibility index (Phi) is 3.88. The largest absolute Gasteiger partial charge is 0.497 e. The first-order valence-corrected chi connectivity index (χ1v) is 5.98. The van der Waals surface area contributed by atoms with E-state index < -0.39 is 30.4 Å². The van der Waals surface area contributed by atoms with Crippen LogP contribution in [0.5, 0.6) is 5.75 Å². The molecule has 7 heteroatoms. The summed E-state index contributed by atoms with van der Waals surface area (Å²) in [5.41, 5.74) is 0.755. The van der Waals surface area contributed by atoms with E-state index in [-0.39, 0.29) is 6.54 Å². The summed E-state index contributed by atoms with van der Waals surface area (Å²) in [7, 11) is 1.54. The zero-order valence-electron chi connectivity index (χ0n) is 10.8. The number of rotatable bonds is 5. The molecule has 0 unspecified atom stereocenters. The number of carbonyl (C=O) groups is 3. The molecule has 1 aromatic carbocycles. The van der Waals surface area contributed by atoms with Crippen LogP contribution in [0.15, 0.2) is 24.3 Å². The molecule has 1 saturated heterocycles. The van der Waals surface area contributed by atoms with Crippen LogP contribution in [0.3, 0.4) is 0 Å². The van der Waals surface area contributed by atoms with Gasteiger partial charge in [-0.2, -0.15) is 0 Å². The molecule has 20 heavy (non-hydrogen) atoms. The van der Waals surface area contributed by atoms with E-state index in [4.69, 9.17) is 9.84 Å². The summed E-state index contributed by atoms with van der Waals surface area (Å²) in [4.78, 5) is 35.2. The molecule has 1 aromatic rings. The lowest BCUT2D eigenvalue weighted by atomic mass is 10.2. The monoisotopic (exact) mass is 278 g/mol. The molecule has 1 aliphatic heterocycles. The number of methoxy groups -OCH3 is 1. The van der Waals surface area contributed by atoms with Crippen LogP contribution >= 0.6 is 0 Å². The number of hydrogen-bond acceptors (Lipinski definition) is 4. The first-order valence-electron chi connectivity index (χ1n) is 5.98. The third-order valence-corrected chi connectivity index (χ3v) is 2.99. The van der Waals surface area contributed by atoms with E-state index in [0.29, 0.717) is 5.75 Å². The van der Waals surface area contributed by atoms with Crippen molar-refractivity contribution >= 4 is 17.9 Å². The summed E-state index contributed by atoms with van der Waals surface area (Å²) < 4.78 is 5.02. The Labute approximate surface area is 115 Å². The number of benzene rings is 1. The summed E-state index contributed by atoms with van der Waals surface area (Å²) in [6.07, 6.45) is -0.413. The van der Waals surface area contributed by atoms with Crippen LogP contribution in [0.4, 0.5) is 4.79 Å². The molecule has 0 aliphatic carbocycles. The maximum absolute atomic E-state index is 11.9. The third-order valence-electron chi connectivity index (χ3n) is 2.99. The summed E-state index contributed by atoms with van der Waals surface area (Å²) in [5.74, 6) is -0.974. The van der Waals surface area contributed by atoms with Crippen LogP contribution < -0.4 is 10.1 Å². The van der Waals surface area contributed by atoms with Gasteiger partial charge in [-0.05, 0) is 17.7 Å². The molecule has 3 amide bonds. The van der Waals surface area contributed by atoms with Gasteiger partial charge in [-0.1, -0.05) is 12.1 Å². The van der Waals surface area contributed by atoms with Crippen LogP contribution in [-0.4, -0.2) is 41.1 Å². The van der Waals surface area contributed by atoms with E-state index >= 15 is 0 Å². The van der Waals surface area contributed by atoms with Crippen molar-refractivity contribution < 1.29 is 24.2 Å². The number of aliphatic carboxylic acids is 1. The van der Waals surface area contributed by atoms with E-state index in [0.717, 1.165) is 10.5 Å². The summed E-state index contributed by atoms with van der Waals surface area (Å²) in [6, 6.07) is 5.37. The van der Waals surface area contributed by atoms with Crippen molar-refractivity contribution in [1.29, 1.82) is 0 Å². The number of nitrogens with zero attached hydrogens (tertiary/aromatic N) is 1. The first kappa shape index (κ1) is 13.9. The molecule has 1 heterocycles. The van der Waals surface area contributed by atoms with Gasteiger partial charge in [-0.15, -0.1) is 0 Å². The second-order valence-corrected chi connectivity index (χ2v) is 4.37. The molecule has 1 atom stereocenters. The molecule has 0 aromatic heterocycles. The van der Waals surface area contributed by atoms with Gasteiger partial charge < -0.3 is 15.2 Å². The van der Waals surface area contributed by atoms with E-state index in [2.05, 4.69) is 5.32 Å². The van der Waals surface area contributed by atoms with Gasteiger partial charge in [0.05, 0.1) is 20.1 Å². The van der Waals surface area contributed by atoms with E-state index in [1.807, 2.05) is 0 Å². The summed E-state index contributed by atoms with van der Waals surface area (Å²) in [6.45, 7) is 0.102. The number of carboxylic acid groups (broad SMARTS) is 1. The van der Waals surface area contributed by atoms with Crippen LogP contribution in [0, 0.1) is 0 Å². The Balaban J connectivity index is 2.06. The molecule has 2 N–H and O–H groups in total. The smallest absolute Gasteiger partial charge is 0.325 e. The van der Waals surface area contributed by atoms with E-state index in [9.17, 15) is 14.4 Å². The molecule has 0 spiro atoms. The maximum Gasteiger partial charge on any atom is 0.325 e. The van der Waals surface area contributed by atoms with Crippen molar-refractivity contribution in [3.63, 3.8) is 0 Å². The lowest BCUT2D eigenvalue weighted by molar-refractivity contribution is -0.140. The van der Waals surface area contributed by atoms with Gasteiger partial charge >= 0.3 is 12.0 Å². The fraction of sp³-hybridized carbons (Fsp3) is 0.308. The van der Waals surface area contributed by atoms with Gasteiger partial charge in [0, 0.05) is 0 Å². The van der Waals surface area contributed by atoms with Crippen molar-refractivity contribution in [3.05, 3.63) is 29.8 Å². The standard InChI is InChI=1S/C13H14N2O5/c1-20-9-4-2-8(3-5-9)7-15-12(18)10(6-11(16)17)14-13(15)19/h2-5,10H,6-7H2,1H3,(H,14,19)(H,16,17)/t10-/m0/s1. The Morgan fingerprint density at radius 3 is 2.55 bits per heavy atom. The van der Waals surface area contributed by atoms with Gasteiger partial charge in [0.25, 0.3) is 5.91 Å². The Morgan fingerprint density at radius 1 is 1.35 bits per heavy atom. The zero-order valence-corrected chi connectivity index (χ0v) is 10.8. The fourth-order valence-electron chi connectivity index (χ4n) is 1.95. The minimum absolute atomic E-state index is 0.102. The molecule has 1 fully saturated rings. The number of ether oxygens (including phenoxy) is 1. The number of urea groups is 1. The van der Waals surface area contributed by atoms with Gasteiger partial charge in [0.2, 0.25) is 0 Å². The predicted molar refractivity (Wildman–Crippen MR) is 68.1 cm³/mol. The molecule has 7 nitrogen and oxygen atoms in total. The highest BCUT2D eigenvalue weighted by Gasteiger charge is 2.38. The topological polar surface area (TPSA) is 95.9 Å².